The zero-order valence-corrected chi connectivity index (χ0v) is 12.9. The summed E-state index contributed by atoms with van der Waals surface area (Å²) in [6.45, 7) is 4.49. The van der Waals surface area contributed by atoms with Gasteiger partial charge in [-0.05, 0) is 72.1 Å². The molecule has 0 radical (unpaired) electrons. The lowest BCUT2D eigenvalue weighted by atomic mass is 9.81. The Morgan fingerprint density at radius 1 is 1.33 bits per heavy atom. The van der Waals surface area contributed by atoms with Crippen LogP contribution in [0.4, 0.5) is 0 Å². The van der Waals surface area contributed by atoms with Crippen LogP contribution in [0.2, 0.25) is 0 Å². The fourth-order valence-corrected chi connectivity index (χ4v) is 3.23. The van der Waals surface area contributed by atoms with Crippen LogP contribution in [-0.2, 0) is 0 Å². The van der Waals surface area contributed by atoms with E-state index in [2.05, 4.69) is 61.5 Å². The molecule has 1 heteroatoms. The lowest BCUT2D eigenvalue weighted by molar-refractivity contribution is 0.964. The largest absolute Gasteiger partial charge is 0.367 e. The first-order chi connectivity index (χ1) is 10.3. The number of H-pyrrole nitrogens is 1. The fraction of sp³-hybridized carbons (Fsp3) is 0.300. The molecule has 0 fully saturated rings. The molecule has 0 bridgehead atoms. The molecule has 2 aliphatic carbocycles. The van der Waals surface area contributed by atoms with Gasteiger partial charge in [0.1, 0.15) is 0 Å². The molecular weight excluding hydrogens is 254 g/mol. The molecule has 0 saturated carbocycles. The van der Waals surface area contributed by atoms with Crippen molar-refractivity contribution >= 4 is 5.57 Å². The van der Waals surface area contributed by atoms with Crippen LogP contribution in [0.25, 0.3) is 5.57 Å². The highest BCUT2D eigenvalue weighted by Gasteiger charge is 2.19. The Balaban J connectivity index is 2.07. The summed E-state index contributed by atoms with van der Waals surface area (Å²) in [6.07, 6.45) is 20.1. The molecule has 21 heavy (non-hydrogen) atoms. The highest BCUT2D eigenvalue weighted by Crippen LogP contribution is 2.39. The Labute approximate surface area is 127 Å². The molecule has 3 rings (SSSR count). The van der Waals surface area contributed by atoms with Crippen LogP contribution in [0.15, 0.2) is 71.1 Å². The number of hydrogen-bond donors (Lipinski definition) is 1. The molecule has 0 unspecified atom stereocenters. The van der Waals surface area contributed by atoms with E-state index in [0.717, 1.165) is 25.7 Å². The molecule has 0 aromatic carbocycles. The van der Waals surface area contributed by atoms with Crippen LogP contribution in [0.3, 0.4) is 0 Å². The summed E-state index contributed by atoms with van der Waals surface area (Å²) < 4.78 is 0. The molecule has 0 saturated heterocycles. The maximum Gasteiger partial charge on any atom is 0.00811 e. The van der Waals surface area contributed by atoms with E-state index < -0.39 is 0 Å². The minimum absolute atomic E-state index is 1.05. The minimum Gasteiger partial charge on any atom is -0.367 e. The zero-order chi connectivity index (χ0) is 14.7. The van der Waals surface area contributed by atoms with Gasteiger partial charge in [0, 0.05) is 12.4 Å². The summed E-state index contributed by atoms with van der Waals surface area (Å²) in [6, 6.07) is 2.18. The van der Waals surface area contributed by atoms with Gasteiger partial charge in [-0.15, -0.1) is 0 Å². The first-order valence-corrected chi connectivity index (χ1v) is 7.89. The third kappa shape index (κ3) is 2.87. The average Bonchev–Trinajstić information content (AvgIpc) is 3.04. The van der Waals surface area contributed by atoms with Gasteiger partial charge in [-0.3, -0.25) is 0 Å². The summed E-state index contributed by atoms with van der Waals surface area (Å²) in [5, 5.41) is 0. The SMILES string of the molecule is CC/C=C1/C=C(C2=CC=CCC2)C(C)=C(c2cc[nH]c2)C1. The normalized spacial score (nSPS) is 20.8. The maximum absolute atomic E-state index is 3.19. The zero-order valence-electron chi connectivity index (χ0n) is 12.9. The van der Waals surface area contributed by atoms with E-state index in [1.54, 1.807) is 0 Å². The fourth-order valence-electron chi connectivity index (χ4n) is 3.23. The predicted octanol–water partition coefficient (Wildman–Crippen LogP) is 5.73. The smallest absolute Gasteiger partial charge is 0.00811 e. The topological polar surface area (TPSA) is 15.8 Å². The quantitative estimate of drug-likeness (QED) is 0.726. The number of aromatic nitrogens is 1. The lowest BCUT2D eigenvalue weighted by Crippen LogP contribution is -2.04. The van der Waals surface area contributed by atoms with Gasteiger partial charge < -0.3 is 4.98 Å². The van der Waals surface area contributed by atoms with E-state index in [-0.39, 0.29) is 0 Å². The van der Waals surface area contributed by atoms with E-state index in [1.807, 2.05) is 6.20 Å². The van der Waals surface area contributed by atoms with Crippen molar-refractivity contribution in [2.75, 3.05) is 0 Å². The predicted molar refractivity (Wildman–Crippen MR) is 90.9 cm³/mol. The molecular formula is C20H23N. The molecule has 1 nitrogen and oxygen atoms in total. The Bertz CT molecular complexity index is 661. The molecule has 0 aliphatic heterocycles. The van der Waals surface area contributed by atoms with Gasteiger partial charge in [-0.25, -0.2) is 0 Å². The van der Waals surface area contributed by atoms with Crippen LogP contribution in [0.5, 0.6) is 0 Å². The summed E-state index contributed by atoms with van der Waals surface area (Å²) in [4.78, 5) is 3.19. The molecule has 1 N–H and O–H groups in total. The molecule has 0 amide bonds. The molecule has 1 aromatic heterocycles. The average molecular weight is 277 g/mol. The van der Waals surface area contributed by atoms with Crippen LogP contribution in [0.1, 0.15) is 45.1 Å². The minimum atomic E-state index is 1.05. The van der Waals surface area contributed by atoms with Crippen molar-refractivity contribution in [1.82, 2.24) is 4.98 Å². The molecule has 0 spiro atoms. The summed E-state index contributed by atoms with van der Waals surface area (Å²) >= 11 is 0. The number of allylic oxidation sites excluding steroid dienone is 10. The summed E-state index contributed by atoms with van der Waals surface area (Å²) in [7, 11) is 0. The van der Waals surface area contributed by atoms with Gasteiger partial charge >= 0.3 is 0 Å². The van der Waals surface area contributed by atoms with E-state index in [1.165, 1.54) is 33.4 Å². The lowest BCUT2D eigenvalue weighted by Gasteiger charge is -2.24. The molecule has 2 aliphatic rings. The Hall–Kier alpha value is -2.02. The highest BCUT2D eigenvalue weighted by atomic mass is 14.6. The van der Waals surface area contributed by atoms with E-state index in [9.17, 15) is 0 Å². The highest BCUT2D eigenvalue weighted by molar-refractivity contribution is 5.79. The van der Waals surface area contributed by atoms with E-state index in [4.69, 9.17) is 0 Å². The van der Waals surface area contributed by atoms with Gasteiger partial charge in [0.15, 0.2) is 0 Å². The monoisotopic (exact) mass is 277 g/mol. The first-order valence-electron chi connectivity index (χ1n) is 7.89. The van der Waals surface area contributed by atoms with Crippen LogP contribution in [-0.4, -0.2) is 4.98 Å². The number of aromatic amines is 1. The van der Waals surface area contributed by atoms with Crippen molar-refractivity contribution in [2.24, 2.45) is 0 Å². The van der Waals surface area contributed by atoms with Crippen molar-refractivity contribution < 1.29 is 0 Å². The van der Waals surface area contributed by atoms with Gasteiger partial charge in [0.05, 0.1) is 0 Å². The Kier molecular flexibility index (Phi) is 4.10. The standard InChI is InChI=1S/C20H23N/c1-3-7-16-12-19(17-8-5-4-6-9-17)15(2)20(13-16)18-10-11-21-14-18/h4-5,7-8,10-12,14,21H,3,6,9,13H2,1-2H3/b16-7-. The van der Waals surface area contributed by atoms with Crippen molar-refractivity contribution in [3.8, 4) is 0 Å². The molecule has 108 valence electrons. The number of hydrogen-bond acceptors (Lipinski definition) is 0. The Morgan fingerprint density at radius 2 is 2.24 bits per heavy atom. The van der Waals surface area contributed by atoms with Crippen LogP contribution in [0, 0.1) is 0 Å². The first kappa shape index (κ1) is 13.9. The van der Waals surface area contributed by atoms with Gasteiger partial charge in [0.2, 0.25) is 0 Å². The number of nitrogens with one attached hydrogen (secondary N) is 1. The third-order valence-electron chi connectivity index (χ3n) is 4.34. The van der Waals surface area contributed by atoms with Crippen LogP contribution < -0.4 is 0 Å². The Morgan fingerprint density at radius 3 is 2.90 bits per heavy atom. The second-order valence-corrected chi connectivity index (χ2v) is 5.78. The molecule has 1 heterocycles. The summed E-state index contributed by atoms with van der Waals surface area (Å²) in [5.41, 5.74) is 8.58. The number of rotatable bonds is 3. The van der Waals surface area contributed by atoms with Crippen LogP contribution >= 0.6 is 0 Å². The second-order valence-electron chi connectivity index (χ2n) is 5.78. The molecule has 0 atom stereocenters. The second kappa shape index (κ2) is 6.17. The van der Waals surface area contributed by atoms with Gasteiger partial charge in [-0.2, -0.15) is 0 Å². The van der Waals surface area contributed by atoms with Crippen molar-refractivity contribution in [3.05, 3.63) is 76.7 Å². The van der Waals surface area contributed by atoms with Crippen molar-refractivity contribution in [3.63, 3.8) is 0 Å². The summed E-state index contributed by atoms with van der Waals surface area (Å²) in [5.74, 6) is 0. The van der Waals surface area contributed by atoms with Gasteiger partial charge in [-0.1, -0.05) is 37.3 Å². The van der Waals surface area contributed by atoms with Crippen molar-refractivity contribution in [1.29, 1.82) is 0 Å². The maximum atomic E-state index is 3.19. The van der Waals surface area contributed by atoms with Crippen molar-refractivity contribution in [2.45, 2.75) is 39.5 Å². The van der Waals surface area contributed by atoms with E-state index >= 15 is 0 Å². The molecule has 1 aromatic rings. The van der Waals surface area contributed by atoms with E-state index in [0.29, 0.717) is 0 Å². The van der Waals surface area contributed by atoms with Gasteiger partial charge in [0.25, 0.3) is 0 Å². The third-order valence-corrected chi connectivity index (χ3v) is 4.34.